The first-order valence-corrected chi connectivity index (χ1v) is 6.07. The van der Waals surface area contributed by atoms with Gasteiger partial charge in [-0.1, -0.05) is 6.42 Å². The molecule has 1 atom stereocenters. The van der Waals surface area contributed by atoms with E-state index in [2.05, 4.69) is 10.2 Å². The Morgan fingerprint density at radius 1 is 1.29 bits per heavy atom. The number of amides is 1. The molecule has 1 aliphatic heterocycles. The highest BCUT2D eigenvalue weighted by Gasteiger charge is 2.17. The summed E-state index contributed by atoms with van der Waals surface area (Å²) in [5.41, 5.74) is 5.43. The van der Waals surface area contributed by atoms with Gasteiger partial charge in [0.15, 0.2) is 0 Å². The number of likely N-dealkylation sites (tertiary alicyclic amines) is 1. The Bertz CT molecular complexity index is 265. The van der Waals surface area contributed by atoms with E-state index in [0.717, 1.165) is 19.6 Å². The summed E-state index contributed by atoms with van der Waals surface area (Å²) in [5.74, 6) is -1.44. The van der Waals surface area contributed by atoms with Crippen LogP contribution in [-0.2, 0) is 9.59 Å². The van der Waals surface area contributed by atoms with E-state index < -0.39 is 12.0 Å². The number of carbonyl (C=O) groups excluding carboxylic acids is 1. The van der Waals surface area contributed by atoms with Crippen LogP contribution in [0.15, 0.2) is 0 Å². The largest absolute Gasteiger partial charge is 0.481 e. The van der Waals surface area contributed by atoms with Crippen LogP contribution in [-0.4, -0.2) is 54.1 Å². The average Bonchev–Trinajstić information content (AvgIpc) is 2.29. The number of nitrogens with zero attached hydrogens (tertiary/aromatic N) is 1. The summed E-state index contributed by atoms with van der Waals surface area (Å²) >= 11 is 0. The molecule has 0 aliphatic carbocycles. The minimum absolute atomic E-state index is 0.324. The third-order valence-electron chi connectivity index (χ3n) is 2.91. The van der Waals surface area contributed by atoms with Gasteiger partial charge in [-0.25, -0.2) is 0 Å². The maximum absolute atomic E-state index is 11.4. The van der Waals surface area contributed by atoms with Crippen molar-refractivity contribution in [2.45, 2.75) is 31.7 Å². The molecule has 1 rings (SSSR count). The fraction of sp³-hybridized carbons (Fsp3) is 0.818. The van der Waals surface area contributed by atoms with Crippen molar-refractivity contribution in [2.75, 3.05) is 26.2 Å². The Labute approximate surface area is 101 Å². The van der Waals surface area contributed by atoms with Crippen molar-refractivity contribution in [3.05, 3.63) is 0 Å². The number of aliphatic carboxylic acids is 1. The van der Waals surface area contributed by atoms with Crippen molar-refractivity contribution in [1.82, 2.24) is 10.2 Å². The molecular formula is C11H21N3O3. The van der Waals surface area contributed by atoms with E-state index in [1.807, 2.05) is 0 Å². The topological polar surface area (TPSA) is 95.7 Å². The van der Waals surface area contributed by atoms with Gasteiger partial charge in [-0.3, -0.25) is 9.59 Å². The first-order chi connectivity index (χ1) is 8.09. The van der Waals surface area contributed by atoms with Gasteiger partial charge >= 0.3 is 5.97 Å². The fourth-order valence-corrected chi connectivity index (χ4v) is 1.93. The lowest BCUT2D eigenvalue weighted by Crippen LogP contribution is -2.45. The van der Waals surface area contributed by atoms with Gasteiger partial charge in [0.2, 0.25) is 5.91 Å². The summed E-state index contributed by atoms with van der Waals surface area (Å²) in [7, 11) is 0. The van der Waals surface area contributed by atoms with E-state index in [4.69, 9.17) is 10.8 Å². The van der Waals surface area contributed by atoms with Crippen LogP contribution >= 0.6 is 0 Å². The van der Waals surface area contributed by atoms with Crippen LogP contribution < -0.4 is 11.1 Å². The Morgan fingerprint density at radius 2 is 1.94 bits per heavy atom. The Balaban J connectivity index is 2.12. The molecule has 0 radical (unpaired) electrons. The second kappa shape index (κ2) is 7.24. The second-order valence-electron chi connectivity index (χ2n) is 4.40. The van der Waals surface area contributed by atoms with Gasteiger partial charge in [0, 0.05) is 13.1 Å². The van der Waals surface area contributed by atoms with Crippen LogP contribution in [0.5, 0.6) is 0 Å². The second-order valence-corrected chi connectivity index (χ2v) is 4.40. The lowest BCUT2D eigenvalue weighted by Gasteiger charge is -2.26. The van der Waals surface area contributed by atoms with Crippen molar-refractivity contribution in [3.63, 3.8) is 0 Å². The molecule has 1 amide bonds. The maximum Gasteiger partial charge on any atom is 0.305 e. The molecule has 1 aliphatic rings. The molecule has 0 aromatic heterocycles. The van der Waals surface area contributed by atoms with Gasteiger partial charge in [-0.15, -0.1) is 0 Å². The normalized spacial score (nSPS) is 18.6. The van der Waals surface area contributed by atoms with Crippen molar-refractivity contribution in [2.24, 2.45) is 5.73 Å². The number of carboxylic acids is 1. The number of carboxylic acid groups (broad SMARTS) is 1. The van der Waals surface area contributed by atoms with Crippen molar-refractivity contribution in [3.8, 4) is 0 Å². The lowest BCUT2D eigenvalue weighted by atomic mass is 10.1. The van der Waals surface area contributed by atoms with E-state index in [0.29, 0.717) is 6.54 Å². The number of hydrogen-bond acceptors (Lipinski definition) is 4. The predicted molar refractivity (Wildman–Crippen MR) is 63.5 cm³/mol. The predicted octanol–water partition coefficient (Wildman–Crippen LogP) is -0.609. The van der Waals surface area contributed by atoms with Crippen molar-refractivity contribution >= 4 is 11.9 Å². The SMILES string of the molecule is NC(CC(=O)O)C(=O)NCCN1CCCCC1. The third-order valence-corrected chi connectivity index (χ3v) is 2.91. The summed E-state index contributed by atoms with van der Waals surface area (Å²) < 4.78 is 0. The molecule has 0 aromatic carbocycles. The third kappa shape index (κ3) is 5.65. The van der Waals surface area contributed by atoms with E-state index >= 15 is 0 Å². The number of carbonyl (C=O) groups is 2. The molecule has 0 aromatic rings. The van der Waals surface area contributed by atoms with Gasteiger partial charge < -0.3 is 21.1 Å². The highest BCUT2D eigenvalue weighted by atomic mass is 16.4. The van der Waals surface area contributed by atoms with Gasteiger partial charge in [-0.05, 0) is 25.9 Å². The zero-order valence-electron chi connectivity index (χ0n) is 10.0. The number of nitrogens with one attached hydrogen (secondary N) is 1. The molecule has 0 spiro atoms. The van der Waals surface area contributed by atoms with Crippen molar-refractivity contribution < 1.29 is 14.7 Å². The lowest BCUT2D eigenvalue weighted by molar-refractivity contribution is -0.139. The monoisotopic (exact) mass is 243 g/mol. The number of hydrogen-bond donors (Lipinski definition) is 3. The molecule has 0 bridgehead atoms. The van der Waals surface area contributed by atoms with Crippen LogP contribution in [0.25, 0.3) is 0 Å². The zero-order chi connectivity index (χ0) is 12.7. The van der Waals surface area contributed by atoms with Crippen LogP contribution in [0.3, 0.4) is 0 Å². The first kappa shape index (κ1) is 13.9. The van der Waals surface area contributed by atoms with Crippen LogP contribution in [0.2, 0.25) is 0 Å². The molecule has 1 heterocycles. The Morgan fingerprint density at radius 3 is 2.53 bits per heavy atom. The summed E-state index contributed by atoms with van der Waals surface area (Å²) in [6.07, 6.45) is 3.39. The quantitative estimate of drug-likeness (QED) is 0.578. The number of nitrogens with two attached hydrogens (primary N) is 1. The molecule has 6 heteroatoms. The van der Waals surface area contributed by atoms with E-state index in [9.17, 15) is 9.59 Å². The highest BCUT2D eigenvalue weighted by molar-refractivity contribution is 5.85. The minimum atomic E-state index is -1.05. The Hall–Kier alpha value is -1.14. The summed E-state index contributed by atoms with van der Waals surface area (Å²) in [5, 5.41) is 11.2. The van der Waals surface area contributed by atoms with Crippen LogP contribution in [0.1, 0.15) is 25.7 Å². The molecule has 1 unspecified atom stereocenters. The molecule has 1 fully saturated rings. The van der Waals surface area contributed by atoms with E-state index in [1.54, 1.807) is 0 Å². The number of rotatable bonds is 6. The smallest absolute Gasteiger partial charge is 0.305 e. The molecule has 6 nitrogen and oxygen atoms in total. The Kier molecular flexibility index (Phi) is 5.93. The highest BCUT2D eigenvalue weighted by Crippen LogP contribution is 2.07. The maximum atomic E-state index is 11.4. The minimum Gasteiger partial charge on any atom is -0.481 e. The van der Waals surface area contributed by atoms with Gasteiger partial charge in [0.1, 0.15) is 0 Å². The van der Waals surface area contributed by atoms with E-state index in [1.165, 1.54) is 19.3 Å². The van der Waals surface area contributed by atoms with Gasteiger partial charge in [0.25, 0.3) is 0 Å². The number of piperidine rings is 1. The summed E-state index contributed by atoms with van der Waals surface area (Å²) in [6.45, 7) is 3.51. The molecule has 0 saturated carbocycles. The van der Waals surface area contributed by atoms with Gasteiger partial charge in [-0.2, -0.15) is 0 Å². The first-order valence-electron chi connectivity index (χ1n) is 6.07. The molecule has 1 saturated heterocycles. The van der Waals surface area contributed by atoms with Gasteiger partial charge in [0.05, 0.1) is 12.5 Å². The summed E-state index contributed by atoms with van der Waals surface area (Å²) in [6, 6.07) is -0.950. The summed E-state index contributed by atoms with van der Waals surface area (Å²) in [4.78, 5) is 24.1. The molecular weight excluding hydrogens is 222 g/mol. The van der Waals surface area contributed by atoms with Crippen LogP contribution in [0, 0.1) is 0 Å². The molecule has 4 N–H and O–H groups in total. The van der Waals surface area contributed by atoms with Crippen molar-refractivity contribution in [1.29, 1.82) is 0 Å². The van der Waals surface area contributed by atoms with Crippen LogP contribution in [0.4, 0.5) is 0 Å². The standard InChI is InChI=1S/C11H21N3O3/c12-9(8-10(15)16)11(17)13-4-7-14-5-2-1-3-6-14/h9H,1-8,12H2,(H,13,17)(H,15,16). The fourth-order valence-electron chi connectivity index (χ4n) is 1.93. The average molecular weight is 243 g/mol. The zero-order valence-corrected chi connectivity index (χ0v) is 10.0. The molecule has 98 valence electrons. The molecule has 17 heavy (non-hydrogen) atoms. The van der Waals surface area contributed by atoms with E-state index in [-0.39, 0.29) is 12.3 Å².